The van der Waals surface area contributed by atoms with E-state index in [4.69, 9.17) is 9.47 Å². The second-order valence-electron chi connectivity index (χ2n) is 6.59. The fraction of sp³-hybridized carbons (Fsp3) is 0.500. The van der Waals surface area contributed by atoms with E-state index < -0.39 is 0 Å². The van der Waals surface area contributed by atoms with Gasteiger partial charge in [-0.1, -0.05) is 18.2 Å². The Morgan fingerprint density at radius 1 is 1.12 bits per heavy atom. The molecule has 0 aliphatic carbocycles. The molecule has 2 heterocycles. The SMILES string of the molecule is Cc1ccc(CN(C)Cc2ccccc2OCCN2CCOCC2)s1. The monoisotopic (exact) mass is 360 g/mol. The fourth-order valence-electron chi connectivity index (χ4n) is 3.07. The molecule has 0 unspecified atom stereocenters. The summed E-state index contributed by atoms with van der Waals surface area (Å²) in [5.74, 6) is 1.00. The van der Waals surface area contributed by atoms with Gasteiger partial charge in [0.05, 0.1) is 13.2 Å². The van der Waals surface area contributed by atoms with Gasteiger partial charge in [0.15, 0.2) is 0 Å². The van der Waals surface area contributed by atoms with Crippen molar-refractivity contribution >= 4 is 11.3 Å². The van der Waals surface area contributed by atoms with Crippen molar-refractivity contribution in [3.63, 3.8) is 0 Å². The first-order chi connectivity index (χ1) is 12.2. The molecule has 0 spiro atoms. The zero-order chi connectivity index (χ0) is 17.5. The largest absolute Gasteiger partial charge is 0.492 e. The van der Waals surface area contributed by atoms with Gasteiger partial charge in [-0.15, -0.1) is 11.3 Å². The zero-order valence-electron chi connectivity index (χ0n) is 15.2. The van der Waals surface area contributed by atoms with Gasteiger partial charge >= 0.3 is 0 Å². The number of aryl methyl sites for hydroxylation is 1. The average molecular weight is 361 g/mol. The molecule has 5 heteroatoms. The molecule has 0 radical (unpaired) electrons. The number of hydrogen-bond acceptors (Lipinski definition) is 5. The van der Waals surface area contributed by atoms with Crippen LogP contribution in [-0.2, 0) is 17.8 Å². The second-order valence-corrected chi connectivity index (χ2v) is 7.97. The minimum Gasteiger partial charge on any atom is -0.492 e. The summed E-state index contributed by atoms with van der Waals surface area (Å²) in [4.78, 5) is 7.52. The predicted molar refractivity (Wildman–Crippen MR) is 103 cm³/mol. The highest BCUT2D eigenvalue weighted by Gasteiger charge is 2.11. The number of ether oxygens (including phenoxy) is 2. The predicted octanol–water partition coefficient (Wildman–Crippen LogP) is 3.40. The highest BCUT2D eigenvalue weighted by Crippen LogP contribution is 2.22. The molecule has 1 aliphatic rings. The van der Waals surface area contributed by atoms with E-state index in [1.54, 1.807) is 0 Å². The van der Waals surface area contributed by atoms with Gasteiger partial charge in [-0.25, -0.2) is 0 Å². The summed E-state index contributed by atoms with van der Waals surface area (Å²) in [6, 6.07) is 12.8. The summed E-state index contributed by atoms with van der Waals surface area (Å²) in [7, 11) is 2.17. The maximum atomic E-state index is 6.09. The molecule has 136 valence electrons. The number of morpholine rings is 1. The molecule has 3 rings (SSSR count). The standard InChI is InChI=1S/C20H28N2O2S/c1-17-7-8-19(25-17)16-21(2)15-18-5-3-4-6-20(18)24-14-11-22-9-12-23-13-10-22/h3-8H,9-16H2,1-2H3. The van der Waals surface area contributed by atoms with Gasteiger partial charge in [-0.3, -0.25) is 9.80 Å². The lowest BCUT2D eigenvalue weighted by molar-refractivity contribution is 0.0321. The van der Waals surface area contributed by atoms with Crippen LogP contribution in [-0.4, -0.2) is 56.3 Å². The van der Waals surface area contributed by atoms with E-state index in [0.29, 0.717) is 0 Å². The van der Waals surface area contributed by atoms with E-state index in [-0.39, 0.29) is 0 Å². The molecule has 0 bridgehead atoms. The van der Waals surface area contributed by atoms with Crippen LogP contribution in [0.25, 0.3) is 0 Å². The summed E-state index contributed by atoms with van der Waals surface area (Å²) >= 11 is 1.87. The van der Waals surface area contributed by atoms with E-state index in [1.807, 2.05) is 11.3 Å². The number of benzene rings is 1. The fourth-order valence-corrected chi connectivity index (χ4v) is 4.04. The molecule has 0 atom stereocenters. The maximum absolute atomic E-state index is 6.09. The van der Waals surface area contributed by atoms with Gasteiger partial charge in [0.25, 0.3) is 0 Å². The number of nitrogens with zero attached hydrogens (tertiary/aromatic N) is 2. The first-order valence-corrected chi connectivity index (χ1v) is 9.77. The lowest BCUT2D eigenvalue weighted by Crippen LogP contribution is -2.38. The Hall–Kier alpha value is -1.40. The topological polar surface area (TPSA) is 24.9 Å². The van der Waals surface area contributed by atoms with Crippen molar-refractivity contribution in [2.75, 3.05) is 46.5 Å². The maximum Gasteiger partial charge on any atom is 0.123 e. The highest BCUT2D eigenvalue weighted by molar-refractivity contribution is 7.11. The summed E-state index contributed by atoms with van der Waals surface area (Å²) in [6.45, 7) is 9.40. The quantitative estimate of drug-likeness (QED) is 0.720. The molecule has 1 fully saturated rings. The van der Waals surface area contributed by atoms with Crippen molar-refractivity contribution in [1.29, 1.82) is 0 Å². The Bertz CT molecular complexity index is 653. The molecule has 1 aromatic heterocycles. The Morgan fingerprint density at radius 3 is 2.68 bits per heavy atom. The first-order valence-electron chi connectivity index (χ1n) is 8.95. The van der Waals surface area contributed by atoms with Crippen LogP contribution in [0, 0.1) is 6.92 Å². The molecular weight excluding hydrogens is 332 g/mol. The summed E-state index contributed by atoms with van der Waals surface area (Å²) in [5, 5.41) is 0. The van der Waals surface area contributed by atoms with Crippen LogP contribution in [0.5, 0.6) is 5.75 Å². The molecule has 25 heavy (non-hydrogen) atoms. The molecule has 1 saturated heterocycles. The lowest BCUT2D eigenvalue weighted by Gasteiger charge is -2.26. The second kappa shape index (κ2) is 9.34. The van der Waals surface area contributed by atoms with Crippen molar-refractivity contribution in [3.8, 4) is 5.75 Å². The highest BCUT2D eigenvalue weighted by atomic mass is 32.1. The average Bonchev–Trinajstić information content (AvgIpc) is 3.02. The number of rotatable bonds is 8. The molecular formula is C20H28N2O2S. The molecule has 0 saturated carbocycles. The van der Waals surface area contributed by atoms with Gasteiger partial charge in [0, 0.05) is 48.0 Å². The van der Waals surface area contributed by atoms with E-state index in [0.717, 1.165) is 58.3 Å². The van der Waals surface area contributed by atoms with Crippen LogP contribution in [0.1, 0.15) is 15.3 Å². The Kier molecular flexibility index (Phi) is 6.87. The normalized spacial score (nSPS) is 15.6. The lowest BCUT2D eigenvalue weighted by atomic mass is 10.2. The van der Waals surface area contributed by atoms with Crippen LogP contribution in [0.3, 0.4) is 0 Å². The summed E-state index contributed by atoms with van der Waals surface area (Å²) < 4.78 is 11.5. The van der Waals surface area contributed by atoms with Crippen LogP contribution < -0.4 is 4.74 Å². The van der Waals surface area contributed by atoms with Gasteiger partial charge in [-0.2, -0.15) is 0 Å². The van der Waals surface area contributed by atoms with Crippen LogP contribution in [0.15, 0.2) is 36.4 Å². The molecule has 1 aliphatic heterocycles. The van der Waals surface area contributed by atoms with Crippen molar-refractivity contribution < 1.29 is 9.47 Å². The van der Waals surface area contributed by atoms with Gasteiger partial charge in [0.1, 0.15) is 12.4 Å². The van der Waals surface area contributed by atoms with E-state index in [2.05, 4.69) is 60.2 Å². The number of hydrogen-bond donors (Lipinski definition) is 0. The molecule has 0 N–H and O–H groups in total. The minimum atomic E-state index is 0.727. The van der Waals surface area contributed by atoms with Crippen LogP contribution in [0.4, 0.5) is 0 Å². The molecule has 1 aromatic carbocycles. The van der Waals surface area contributed by atoms with Gasteiger partial charge < -0.3 is 9.47 Å². The number of thiophene rings is 1. The number of para-hydroxylation sites is 1. The zero-order valence-corrected chi connectivity index (χ0v) is 16.1. The molecule has 4 nitrogen and oxygen atoms in total. The van der Waals surface area contributed by atoms with Crippen molar-refractivity contribution in [2.45, 2.75) is 20.0 Å². The Morgan fingerprint density at radius 2 is 1.92 bits per heavy atom. The third-order valence-electron chi connectivity index (χ3n) is 4.40. The van der Waals surface area contributed by atoms with Crippen molar-refractivity contribution in [3.05, 3.63) is 51.7 Å². The van der Waals surface area contributed by atoms with Crippen LogP contribution >= 0.6 is 11.3 Å². The first kappa shape index (κ1) is 18.4. The minimum absolute atomic E-state index is 0.727. The van der Waals surface area contributed by atoms with Gasteiger partial charge in [-0.05, 0) is 32.2 Å². The molecule has 2 aromatic rings. The van der Waals surface area contributed by atoms with Crippen molar-refractivity contribution in [2.24, 2.45) is 0 Å². The van der Waals surface area contributed by atoms with E-state index >= 15 is 0 Å². The summed E-state index contributed by atoms with van der Waals surface area (Å²) in [6.07, 6.45) is 0. The van der Waals surface area contributed by atoms with E-state index in [1.165, 1.54) is 15.3 Å². The Balaban J connectivity index is 1.51. The molecule has 0 amide bonds. The smallest absolute Gasteiger partial charge is 0.123 e. The third-order valence-corrected chi connectivity index (χ3v) is 5.39. The Labute approximate surface area is 155 Å². The van der Waals surface area contributed by atoms with Crippen LogP contribution in [0.2, 0.25) is 0 Å². The van der Waals surface area contributed by atoms with Crippen molar-refractivity contribution in [1.82, 2.24) is 9.80 Å². The third kappa shape index (κ3) is 5.82. The van der Waals surface area contributed by atoms with Gasteiger partial charge in [0.2, 0.25) is 0 Å². The van der Waals surface area contributed by atoms with E-state index in [9.17, 15) is 0 Å². The summed E-state index contributed by atoms with van der Waals surface area (Å²) in [5.41, 5.74) is 1.25.